The van der Waals surface area contributed by atoms with E-state index >= 15 is 0 Å². The van der Waals surface area contributed by atoms with Gasteiger partial charge in [-0.2, -0.15) is 9.36 Å². The molecule has 0 spiro atoms. The van der Waals surface area contributed by atoms with E-state index in [1.54, 1.807) is 12.1 Å². The van der Waals surface area contributed by atoms with Crippen LogP contribution in [0, 0.1) is 0 Å². The van der Waals surface area contributed by atoms with Crippen LogP contribution in [0.3, 0.4) is 0 Å². The summed E-state index contributed by atoms with van der Waals surface area (Å²) in [5, 5.41) is 9.62. The van der Waals surface area contributed by atoms with E-state index in [0.29, 0.717) is 21.8 Å². The van der Waals surface area contributed by atoms with Gasteiger partial charge in [0.05, 0.1) is 10.0 Å². The van der Waals surface area contributed by atoms with Crippen molar-refractivity contribution >= 4 is 45.9 Å². The molecule has 1 aromatic carbocycles. The van der Waals surface area contributed by atoms with Crippen molar-refractivity contribution < 1.29 is 4.42 Å². The molecule has 1 aliphatic rings. The van der Waals surface area contributed by atoms with Gasteiger partial charge in [0.1, 0.15) is 0 Å². The number of hydrogen-bond acceptors (Lipinski definition) is 8. The third-order valence-electron chi connectivity index (χ3n) is 4.16. The van der Waals surface area contributed by atoms with Gasteiger partial charge < -0.3 is 15.1 Å². The molecule has 0 unspecified atom stereocenters. The highest BCUT2D eigenvalue weighted by atomic mass is 35.5. The summed E-state index contributed by atoms with van der Waals surface area (Å²) in [5.74, 6) is 1.51. The Hall–Kier alpha value is -1.90. The van der Waals surface area contributed by atoms with Crippen LogP contribution in [-0.2, 0) is 0 Å². The molecule has 1 saturated heterocycles. The first-order valence-electron chi connectivity index (χ1n) is 7.73. The number of halogens is 2. The lowest BCUT2D eigenvalue weighted by Crippen LogP contribution is -2.32. The highest BCUT2D eigenvalue weighted by Crippen LogP contribution is 2.33. The fourth-order valence-corrected chi connectivity index (χ4v) is 3.86. The molecule has 3 heterocycles. The lowest BCUT2D eigenvalue weighted by molar-refractivity contribution is 0.400. The smallest absolute Gasteiger partial charge is 0.312 e. The Kier molecular flexibility index (Phi) is 4.49. The zero-order chi connectivity index (χ0) is 17.4. The number of piperidine rings is 1. The lowest BCUT2D eigenvalue weighted by Gasteiger charge is -2.29. The highest BCUT2D eigenvalue weighted by molar-refractivity contribution is 7.09. The Morgan fingerprint density at radius 3 is 2.64 bits per heavy atom. The summed E-state index contributed by atoms with van der Waals surface area (Å²) in [4.78, 5) is 6.85. The van der Waals surface area contributed by atoms with Crippen molar-refractivity contribution in [2.24, 2.45) is 0 Å². The summed E-state index contributed by atoms with van der Waals surface area (Å²) in [5.41, 5.74) is 6.35. The molecule has 0 atom stereocenters. The van der Waals surface area contributed by atoms with Gasteiger partial charge in [0.2, 0.25) is 11.0 Å². The van der Waals surface area contributed by atoms with Crippen molar-refractivity contribution in [3.63, 3.8) is 0 Å². The molecular formula is C15H14Cl2N6OS. The van der Waals surface area contributed by atoms with E-state index in [1.165, 1.54) is 11.5 Å². The third-order valence-corrected chi connectivity index (χ3v) is 5.68. The number of benzene rings is 1. The number of aromatic nitrogens is 4. The minimum Gasteiger partial charge on any atom is -0.408 e. The molecule has 1 aliphatic heterocycles. The summed E-state index contributed by atoms with van der Waals surface area (Å²) in [6.45, 7) is 1.70. The molecule has 0 amide bonds. The van der Waals surface area contributed by atoms with Crippen LogP contribution in [0.5, 0.6) is 0 Å². The maximum Gasteiger partial charge on any atom is 0.312 e. The van der Waals surface area contributed by atoms with E-state index in [0.717, 1.165) is 36.6 Å². The first-order chi connectivity index (χ1) is 12.1. The zero-order valence-corrected chi connectivity index (χ0v) is 15.4. The predicted octanol–water partition coefficient (Wildman–Crippen LogP) is 3.86. The summed E-state index contributed by atoms with van der Waals surface area (Å²) in [6, 6.07) is 5.52. The molecule has 0 radical (unpaired) electrons. The second-order valence-electron chi connectivity index (χ2n) is 5.77. The molecule has 4 rings (SSSR count). The van der Waals surface area contributed by atoms with E-state index in [9.17, 15) is 0 Å². The van der Waals surface area contributed by atoms with Gasteiger partial charge in [0.15, 0.2) is 5.82 Å². The number of nitrogens with two attached hydrogens (primary N) is 1. The van der Waals surface area contributed by atoms with Crippen molar-refractivity contribution in [3.8, 4) is 11.4 Å². The standard InChI is InChI=1S/C15H14Cl2N6OS/c16-10-2-1-9(7-11(10)17)12-19-15(25-22-12)23-5-3-8(4-6-23)13-20-21-14(18)24-13/h1-2,7-8H,3-6H2,(H2,18,21). The fraction of sp³-hybridized carbons (Fsp3) is 0.333. The van der Waals surface area contributed by atoms with Crippen LogP contribution in [0.15, 0.2) is 22.6 Å². The molecule has 3 aromatic rings. The van der Waals surface area contributed by atoms with E-state index in [1.807, 2.05) is 6.07 Å². The summed E-state index contributed by atoms with van der Waals surface area (Å²) in [6.07, 6.45) is 1.81. The van der Waals surface area contributed by atoms with Crippen LogP contribution in [0.1, 0.15) is 24.7 Å². The van der Waals surface area contributed by atoms with Crippen LogP contribution in [0.2, 0.25) is 10.0 Å². The highest BCUT2D eigenvalue weighted by Gasteiger charge is 2.26. The largest absolute Gasteiger partial charge is 0.408 e. The fourth-order valence-electron chi connectivity index (χ4n) is 2.83. The van der Waals surface area contributed by atoms with E-state index < -0.39 is 0 Å². The van der Waals surface area contributed by atoms with Crippen LogP contribution in [-0.4, -0.2) is 32.6 Å². The van der Waals surface area contributed by atoms with E-state index in [2.05, 4.69) is 24.5 Å². The minimum absolute atomic E-state index is 0.118. The molecule has 0 bridgehead atoms. The summed E-state index contributed by atoms with van der Waals surface area (Å²) < 4.78 is 9.78. The van der Waals surface area contributed by atoms with Gasteiger partial charge in [-0.15, -0.1) is 5.10 Å². The van der Waals surface area contributed by atoms with Gasteiger partial charge >= 0.3 is 6.01 Å². The third kappa shape index (κ3) is 3.42. The van der Waals surface area contributed by atoms with Gasteiger partial charge in [-0.25, -0.2) is 0 Å². The van der Waals surface area contributed by atoms with Crippen molar-refractivity contribution in [2.45, 2.75) is 18.8 Å². The van der Waals surface area contributed by atoms with E-state index in [-0.39, 0.29) is 11.9 Å². The Bertz CT molecular complexity index is 890. The lowest BCUT2D eigenvalue weighted by atomic mass is 9.97. The molecule has 130 valence electrons. The van der Waals surface area contributed by atoms with Crippen molar-refractivity contribution in [2.75, 3.05) is 23.7 Å². The van der Waals surface area contributed by atoms with Crippen LogP contribution >= 0.6 is 34.7 Å². The van der Waals surface area contributed by atoms with Crippen LogP contribution < -0.4 is 10.6 Å². The van der Waals surface area contributed by atoms with Gasteiger partial charge in [-0.1, -0.05) is 28.3 Å². The van der Waals surface area contributed by atoms with Gasteiger partial charge in [-0.05, 0) is 31.0 Å². The molecule has 0 aliphatic carbocycles. The minimum atomic E-state index is 0.118. The Balaban J connectivity index is 1.45. The molecule has 7 nitrogen and oxygen atoms in total. The van der Waals surface area contributed by atoms with Crippen LogP contribution in [0.4, 0.5) is 11.1 Å². The van der Waals surface area contributed by atoms with Gasteiger partial charge in [0.25, 0.3) is 0 Å². The Morgan fingerprint density at radius 2 is 1.96 bits per heavy atom. The van der Waals surface area contributed by atoms with Crippen molar-refractivity contribution in [3.05, 3.63) is 34.1 Å². The quantitative estimate of drug-likeness (QED) is 0.717. The number of anilines is 2. The monoisotopic (exact) mass is 396 g/mol. The molecule has 10 heteroatoms. The number of hydrogen-bond donors (Lipinski definition) is 1. The number of nitrogens with zero attached hydrogens (tertiary/aromatic N) is 5. The maximum absolute atomic E-state index is 6.07. The normalized spacial score (nSPS) is 15.7. The molecule has 0 saturated carbocycles. The van der Waals surface area contributed by atoms with Gasteiger partial charge in [0, 0.05) is 36.1 Å². The average Bonchev–Trinajstić information content (AvgIpc) is 3.27. The maximum atomic E-state index is 6.07. The number of rotatable bonds is 3. The Morgan fingerprint density at radius 1 is 1.16 bits per heavy atom. The van der Waals surface area contributed by atoms with Crippen molar-refractivity contribution in [1.29, 1.82) is 0 Å². The Labute approximate surface area is 157 Å². The first kappa shape index (κ1) is 16.6. The SMILES string of the molecule is Nc1nnc(C2CCN(c3nc(-c4ccc(Cl)c(Cl)c4)ns3)CC2)o1. The second-order valence-corrected chi connectivity index (χ2v) is 7.31. The molecule has 2 N–H and O–H groups in total. The van der Waals surface area contributed by atoms with Crippen molar-refractivity contribution in [1.82, 2.24) is 19.6 Å². The summed E-state index contributed by atoms with van der Waals surface area (Å²) in [7, 11) is 0. The van der Waals surface area contributed by atoms with Crippen LogP contribution in [0.25, 0.3) is 11.4 Å². The van der Waals surface area contributed by atoms with Gasteiger partial charge in [-0.3, -0.25) is 0 Å². The molecule has 25 heavy (non-hydrogen) atoms. The molecule has 2 aromatic heterocycles. The van der Waals surface area contributed by atoms with E-state index in [4.69, 9.17) is 33.4 Å². The zero-order valence-electron chi connectivity index (χ0n) is 13.0. The second kappa shape index (κ2) is 6.78. The predicted molar refractivity (Wildman–Crippen MR) is 98.3 cm³/mol. The molecular weight excluding hydrogens is 383 g/mol. The number of nitrogen functional groups attached to an aromatic ring is 1. The topological polar surface area (TPSA) is 94.0 Å². The molecule has 1 fully saturated rings. The average molecular weight is 397 g/mol. The summed E-state index contributed by atoms with van der Waals surface area (Å²) >= 11 is 13.4. The first-order valence-corrected chi connectivity index (χ1v) is 9.26.